The van der Waals surface area contributed by atoms with Crippen LogP contribution >= 0.6 is 0 Å². The molecule has 0 saturated heterocycles. The summed E-state index contributed by atoms with van der Waals surface area (Å²) in [5.74, 6) is 5.67. The molecule has 108 valence electrons. The maximum Gasteiger partial charge on any atom is 0.124 e. The van der Waals surface area contributed by atoms with Crippen molar-refractivity contribution in [3.05, 3.63) is 35.1 Å². The number of hydrogen-bond donors (Lipinski definition) is 1. The van der Waals surface area contributed by atoms with Crippen LogP contribution in [-0.4, -0.2) is 18.3 Å². The zero-order valence-corrected chi connectivity index (χ0v) is 11.7. The van der Waals surface area contributed by atoms with Crippen molar-refractivity contribution < 1.29 is 14.2 Å². The van der Waals surface area contributed by atoms with Crippen LogP contribution in [0.3, 0.4) is 0 Å². The number of aliphatic hydroxyl groups is 1. The fourth-order valence-corrected chi connectivity index (χ4v) is 2.62. The van der Waals surface area contributed by atoms with Crippen LogP contribution in [-0.2, 0) is 11.3 Å². The fraction of sp³-hybridized carbons (Fsp3) is 0.529. The first kappa shape index (κ1) is 15.0. The minimum absolute atomic E-state index is 0.223. The predicted molar refractivity (Wildman–Crippen MR) is 76.6 cm³/mol. The summed E-state index contributed by atoms with van der Waals surface area (Å²) in [5.41, 5.74) is 1.48. The van der Waals surface area contributed by atoms with E-state index < -0.39 is 0 Å². The summed E-state index contributed by atoms with van der Waals surface area (Å²) in [6.45, 7) is 0.995. The number of halogens is 1. The van der Waals surface area contributed by atoms with Gasteiger partial charge < -0.3 is 9.84 Å². The third-order valence-electron chi connectivity index (χ3n) is 3.71. The van der Waals surface area contributed by atoms with E-state index in [9.17, 15) is 4.39 Å². The Morgan fingerprint density at radius 3 is 2.80 bits per heavy atom. The molecule has 2 nitrogen and oxygen atoms in total. The molecule has 0 atom stereocenters. The molecule has 1 fully saturated rings. The molecule has 1 saturated carbocycles. The standard InChI is InChI=1S/C17H21FO2/c18-17-9-8-16(15(11-17)7-4-10-19)13-20-12-14-5-2-1-3-6-14/h8-9,11,14,19H,1-3,5-6,10,12-13H2. The minimum atomic E-state index is -0.316. The summed E-state index contributed by atoms with van der Waals surface area (Å²) in [6, 6.07) is 4.52. The molecule has 20 heavy (non-hydrogen) atoms. The average molecular weight is 276 g/mol. The summed E-state index contributed by atoms with van der Waals surface area (Å²) in [6.07, 6.45) is 6.45. The van der Waals surface area contributed by atoms with Gasteiger partial charge in [0.1, 0.15) is 12.4 Å². The normalized spacial score (nSPS) is 15.7. The SMILES string of the molecule is OCC#Cc1cc(F)ccc1COCC1CCCCC1. The first-order valence-electron chi connectivity index (χ1n) is 7.25. The summed E-state index contributed by atoms with van der Waals surface area (Å²) in [4.78, 5) is 0. The minimum Gasteiger partial charge on any atom is -0.384 e. The van der Waals surface area contributed by atoms with Crippen LogP contribution in [0, 0.1) is 23.6 Å². The number of hydrogen-bond acceptors (Lipinski definition) is 2. The summed E-state index contributed by atoms with van der Waals surface area (Å²) in [5, 5.41) is 8.74. The second-order valence-corrected chi connectivity index (χ2v) is 5.28. The Balaban J connectivity index is 1.91. The Labute approximate surface area is 120 Å². The highest BCUT2D eigenvalue weighted by Crippen LogP contribution is 2.24. The third kappa shape index (κ3) is 4.63. The van der Waals surface area contributed by atoms with Crippen molar-refractivity contribution in [2.24, 2.45) is 5.92 Å². The van der Waals surface area contributed by atoms with Crippen LogP contribution in [0.15, 0.2) is 18.2 Å². The van der Waals surface area contributed by atoms with Gasteiger partial charge in [-0.15, -0.1) is 0 Å². The zero-order chi connectivity index (χ0) is 14.2. The fourth-order valence-electron chi connectivity index (χ4n) is 2.62. The second-order valence-electron chi connectivity index (χ2n) is 5.28. The monoisotopic (exact) mass is 276 g/mol. The van der Waals surface area contributed by atoms with E-state index in [1.807, 2.05) is 0 Å². The zero-order valence-electron chi connectivity index (χ0n) is 11.7. The Hall–Kier alpha value is -1.37. The first-order chi connectivity index (χ1) is 9.79. The van der Waals surface area contributed by atoms with E-state index in [1.54, 1.807) is 6.07 Å². The first-order valence-corrected chi connectivity index (χ1v) is 7.25. The molecule has 1 aliphatic rings. The van der Waals surface area contributed by atoms with Crippen LogP contribution in [0.1, 0.15) is 43.2 Å². The van der Waals surface area contributed by atoms with Crippen molar-refractivity contribution in [1.82, 2.24) is 0 Å². The quantitative estimate of drug-likeness (QED) is 0.855. The van der Waals surface area contributed by atoms with Gasteiger partial charge in [0.05, 0.1) is 6.61 Å². The van der Waals surface area contributed by atoms with E-state index in [0.717, 1.165) is 12.2 Å². The van der Waals surface area contributed by atoms with Crippen LogP contribution in [0.2, 0.25) is 0 Å². The molecule has 0 amide bonds. The van der Waals surface area contributed by atoms with Crippen LogP contribution in [0.5, 0.6) is 0 Å². The molecule has 0 heterocycles. The maximum atomic E-state index is 13.2. The lowest BCUT2D eigenvalue weighted by molar-refractivity contribution is 0.0738. The summed E-state index contributed by atoms with van der Waals surface area (Å²) >= 11 is 0. The highest BCUT2D eigenvalue weighted by molar-refractivity contribution is 5.41. The predicted octanol–water partition coefficient (Wildman–Crippen LogP) is 3.27. The summed E-state index contributed by atoms with van der Waals surface area (Å²) in [7, 11) is 0. The van der Waals surface area contributed by atoms with Crippen molar-refractivity contribution in [2.75, 3.05) is 13.2 Å². The van der Waals surface area contributed by atoms with Gasteiger partial charge in [-0.25, -0.2) is 4.39 Å². The Morgan fingerprint density at radius 2 is 2.05 bits per heavy atom. The van der Waals surface area contributed by atoms with E-state index in [2.05, 4.69) is 11.8 Å². The van der Waals surface area contributed by atoms with Gasteiger partial charge in [-0.05, 0) is 36.5 Å². The molecule has 1 N–H and O–H groups in total. The van der Waals surface area contributed by atoms with Gasteiger partial charge in [-0.1, -0.05) is 37.2 Å². The van der Waals surface area contributed by atoms with Crippen LogP contribution < -0.4 is 0 Å². The lowest BCUT2D eigenvalue weighted by Gasteiger charge is -2.21. The van der Waals surface area contributed by atoms with E-state index >= 15 is 0 Å². The number of ether oxygens (including phenoxy) is 1. The van der Waals surface area contributed by atoms with Crippen LogP contribution in [0.4, 0.5) is 4.39 Å². The molecule has 0 aliphatic heterocycles. The molecule has 1 aromatic rings. The summed E-state index contributed by atoms with van der Waals surface area (Å²) < 4.78 is 19.0. The third-order valence-corrected chi connectivity index (χ3v) is 3.71. The molecular formula is C17H21FO2. The molecule has 0 radical (unpaired) electrons. The number of aliphatic hydroxyl groups excluding tert-OH is 1. The molecule has 0 unspecified atom stereocenters. The largest absolute Gasteiger partial charge is 0.384 e. The molecule has 1 aromatic carbocycles. The highest BCUT2D eigenvalue weighted by Gasteiger charge is 2.13. The van der Waals surface area contributed by atoms with Crippen molar-refractivity contribution >= 4 is 0 Å². The van der Waals surface area contributed by atoms with Gasteiger partial charge in [0, 0.05) is 12.2 Å². The van der Waals surface area contributed by atoms with Crippen LogP contribution in [0.25, 0.3) is 0 Å². The Morgan fingerprint density at radius 1 is 1.25 bits per heavy atom. The molecule has 0 bridgehead atoms. The van der Waals surface area contributed by atoms with E-state index in [4.69, 9.17) is 9.84 Å². The molecule has 3 heteroatoms. The topological polar surface area (TPSA) is 29.5 Å². The molecule has 2 rings (SSSR count). The highest BCUT2D eigenvalue weighted by atomic mass is 19.1. The molecular weight excluding hydrogens is 255 g/mol. The van der Waals surface area contributed by atoms with E-state index in [1.165, 1.54) is 44.2 Å². The van der Waals surface area contributed by atoms with E-state index in [0.29, 0.717) is 18.1 Å². The Kier molecular flexibility index (Phi) is 6.04. The number of benzene rings is 1. The van der Waals surface area contributed by atoms with Crippen molar-refractivity contribution in [2.45, 2.75) is 38.7 Å². The molecule has 0 aromatic heterocycles. The van der Waals surface area contributed by atoms with Crippen molar-refractivity contribution in [3.8, 4) is 11.8 Å². The van der Waals surface area contributed by atoms with Gasteiger partial charge in [0.2, 0.25) is 0 Å². The van der Waals surface area contributed by atoms with Gasteiger partial charge in [-0.3, -0.25) is 0 Å². The maximum absolute atomic E-state index is 13.2. The lowest BCUT2D eigenvalue weighted by Crippen LogP contribution is -2.13. The average Bonchev–Trinajstić information content (AvgIpc) is 2.48. The second kappa shape index (κ2) is 8.04. The van der Waals surface area contributed by atoms with E-state index in [-0.39, 0.29) is 12.4 Å². The van der Waals surface area contributed by atoms with Gasteiger partial charge in [0.25, 0.3) is 0 Å². The van der Waals surface area contributed by atoms with Gasteiger partial charge in [-0.2, -0.15) is 0 Å². The van der Waals surface area contributed by atoms with Gasteiger partial charge in [0.15, 0.2) is 0 Å². The smallest absolute Gasteiger partial charge is 0.124 e. The molecule has 1 aliphatic carbocycles. The van der Waals surface area contributed by atoms with Crippen molar-refractivity contribution in [3.63, 3.8) is 0 Å². The molecule has 0 spiro atoms. The van der Waals surface area contributed by atoms with Gasteiger partial charge >= 0.3 is 0 Å². The number of rotatable bonds is 4. The van der Waals surface area contributed by atoms with Crippen molar-refractivity contribution in [1.29, 1.82) is 0 Å². The Bertz CT molecular complexity index is 481. The lowest BCUT2D eigenvalue weighted by atomic mass is 9.90.